The van der Waals surface area contributed by atoms with Crippen molar-refractivity contribution in [3.05, 3.63) is 24.3 Å². The number of amides is 1. The number of anilines is 1. The first kappa shape index (κ1) is 21.7. The van der Waals surface area contributed by atoms with Gasteiger partial charge in [0.05, 0.1) is 6.61 Å². The van der Waals surface area contributed by atoms with Gasteiger partial charge in [-0.2, -0.15) is 0 Å². The van der Waals surface area contributed by atoms with E-state index >= 15 is 0 Å². The van der Waals surface area contributed by atoms with Gasteiger partial charge in [-0.05, 0) is 75.9 Å². The van der Waals surface area contributed by atoms with Gasteiger partial charge < -0.3 is 19.7 Å². The molecule has 1 aliphatic carbocycles. The molecule has 0 aromatic heterocycles. The molecule has 0 saturated heterocycles. The predicted octanol–water partition coefficient (Wildman–Crippen LogP) is 4.33. The summed E-state index contributed by atoms with van der Waals surface area (Å²) in [5.41, 5.74) is 0.0535. The van der Waals surface area contributed by atoms with Crippen LogP contribution in [-0.2, 0) is 9.53 Å². The zero-order valence-electron chi connectivity index (χ0n) is 17.4. The summed E-state index contributed by atoms with van der Waals surface area (Å²) in [7, 11) is 0. The Morgan fingerprint density at radius 2 is 1.81 bits per heavy atom. The predicted molar refractivity (Wildman–Crippen MR) is 110 cm³/mol. The first-order valence-corrected chi connectivity index (χ1v) is 10.4. The van der Waals surface area contributed by atoms with Crippen LogP contribution in [0.5, 0.6) is 5.75 Å². The third-order valence-electron chi connectivity index (χ3n) is 5.31. The van der Waals surface area contributed by atoms with Crippen molar-refractivity contribution in [1.82, 2.24) is 4.90 Å². The van der Waals surface area contributed by atoms with Gasteiger partial charge in [-0.1, -0.05) is 20.8 Å². The second kappa shape index (κ2) is 10.7. The molecule has 0 bridgehead atoms. The summed E-state index contributed by atoms with van der Waals surface area (Å²) in [5, 5.41) is 3.01. The van der Waals surface area contributed by atoms with Crippen molar-refractivity contribution in [1.29, 1.82) is 0 Å². The Balaban J connectivity index is 1.81. The highest BCUT2D eigenvalue weighted by Gasteiger charge is 2.48. The molecule has 0 radical (unpaired) electrons. The lowest BCUT2D eigenvalue weighted by Crippen LogP contribution is -2.45. The summed E-state index contributed by atoms with van der Waals surface area (Å²) >= 11 is 0. The molecule has 1 aromatic carbocycles. The van der Waals surface area contributed by atoms with Gasteiger partial charge >= 0.3 is 0 Å². The molecular formula is C22H36N2O3. The summed E-state index contributed by atoms with van der Waals surface area (Å²) in [4.78, 5) is 15.2. The molecule has 1 aliphatic rings. The summed E-state index contributed by atoms with van der Waals surface area (Å²) in [6.07, 6.45) is 4.05. The van der Waals surface area contributed by atoms with Crippen LogP contribution in [0.2, 0.25) is 0 Å². The minimum atomic E-state index is -0.727. The van der Waals surface area contributed by atoms with Gasteiger partial charge in [-0.3, -0.25) is 4.79 Å². The Hall–Kier alpha value is -1.59. The molecule has 2 rings (SSSR count). The van der Waals surface area contributed by atoms with Gasteiger partial charge in [0.1, 0.15) is 11.4 Å². The van der Waals surface area contributed by atoms with E-state index in [0.717, 1.165) is 56.8 Å². The SMILES string of the molecule is CCCOC(C)(C(=O)Nc1ccc(OCCCN(CC)CC)cc1)C1CC1. The average Bonchev–Trinajstić information content (AvgIpc) is 3.53. The van der Waals surface area contributed by atoms with Crippen molar-refractivity contribution in [3.8, 4) is 5.75 Å². The third kappa shape index (κ3) is 6.51. The number of carbonyl (C=O) groups excluding carboxylic acids is 1. The van der Waals surface area contributed by atoms with E-state index < -0.39 is 5.60 Å². The first-order valence-electron chi connectivity index (χ1n) is 10.4. The number of nitrogens with one attached hydrogen (secondary N) is 1. The van der Waals surface area contributed by atoms with Crippen LogP contribution in [0.15, 0.2) is 24.3 Å². The number of rotatable bonds is 13. The van der Waals surface area contributed by atoms with Gasteiger partial charge in [-0.15, -0.1) is 0 Å². The number of benzene rings is 1. The molecular weight excluding hydrogens is 340 g/mol. The van der Waals surface area contributed by atoms with Gasteiger partial charge in [0.15, 0.2) is 0 Å². The fraction of sp³-hybridized carbons (Fsp3) is 0.682. The largest absolute Gasteiger partial charge is 0.494 e. The molecule has 1 fully saturated rings. The molecule has 0 spiro atoms. The lowest BCUT2D eigenvalue weighted by Gasteiger charge is -2.28. The number of ether oxygens (including phenoxy) is 2. The van der Waals surface area contributed by atoms with Gasteiger partial charge in [0, 0.05) is 18.8 Å². The summed E-state index contributed by atoms with van der Waals surface area (Å²) < 4.78 is 11.7. The van der Waals surface area contributed by atoms with E-state index in [9.17, 15) is 4.79 Å². The third-order valence-corrected chi connectivity index (χ3v) is 5.31. The first-order chi connectivity index (χ1) is 13.0. The molecule has 1 atom stereocenters. The normalized spacial score (nSPS) is 16.2. The summed E-state index contributed by atoms with van der Waals surface area (Å²) in [6, 6.07) is 7.61. The van der Waals surface area contributed by atoms with Crippen LogP contribution in [0.4, 0.5) is 5.69 Å². The van der Waals surface area contributed by atoms with Gasteiger partial charge in [-0.25, -0.2) is 0 Å². The summed E-state index contributed by atoms with van der Waals surface area (Å²) in [6.45, 7) is 12.9. The van der Waals surface area contributed by atoms with E-state index in [0.29, 0.717) is 19.1 Å². The van der Waals surface area contributed by atoms with Crippen LogP contribution < -0.4 is 10.1 Å². The lowest BCUT2D eigenvalue weighted by molar-refractivity contribution is -0.142. The minimum absolute atomic E-state index is 0.0497. The smallest absolute Gasteiger partial charge is 0.256 e. The van der Waals surface area contributed by atoms with E-state index in [1.54, 1.807) is 0 Å². The van der Waals surface area contributed by atoms with E-state index in [-0.39, 0.29) is 5.91 Å². The highest BCUT2D eigenvalue weighted by Crippen LogP contribution is 2.42. The number of nitrogens with zero attached hydrogens (tertiary/aromatic N) is 1. The maximum Gasteiger partial charge on any atom is 0.256 e. The Kier molecular flexibility index (Phi) is 8.58. The zero-order valence-corrected chi connectivity index (χ0v) is 17.4. The van der Waals surface area contributed by atoms with Crippen molar-refractivity contribution < 1.29 is 14.3 Å². The molecule has 1 aromatic rings. The van der Waals surface area contributed by atoms with Crippen LogP contribution in [0, 0.1) is 5.92 Å². The maximum atomic E-state index is 12.8. The van der Waals surface area contributed by atoms with E-state index in [2.05, 4.69) is 31.0 Å². The van der Waals surface area contributed by atoms with Crippen LogP contribution in [0.3, 0.4) is 0 Å². The number of hydrogen-bond donors (Lipinski definition) is 1. The Labute approximate surface area is 164 Å². The van der Waals surface area contributed by atoms with E-state index in [1.165, 1.54) is 0 Å². The van der Waals surface area contributed by atoms with Crippen LogP contribution in [0.1, 0.15) is 53.4 Å². The summed E-state index contributed by atoms with van der Waals surface area (Å²) in [5.74, 6) is 1.11. The maximum absolute atomic E-state index is 12.8. The zero-order chi connectivity index (χ0) is 19.7. The van der Waals surface area contributed by atoms with Crippen LogP contribution in [0.25, 0.3) is 0 Å². The quantitative estimate of drug-likeness (QED) is 0.521. The second-order valence-electron chi connectivity index (χ2n) is 7.44. The fourth-order valence-corrected chi connectivity index (χ4v) is 3.22. The monoisotopic (exact) mass is 376 g/mol. The molecule has 1 amide bonds. The standard InChI is InChI=1S/C22H36N2O3/c1-5-16-27-22(4,18-9-10-18)21(25)23-19-11-13-20(14-12-19)26-17-8-15-24(6-2)7-3/h11-14,18H,5-10,15-17H2,1-4H3,(H,23,25). The van der Waals surface area contributed by atoms with Crippen molar-refractivity contribution in [2.24, 2.45) is 5.92 Å². The van der Waals surface area contributed by atoms with Crippen LogP contribution >= 0.6 is 0 Å². The average molecular weight is 377 g/mol. The van der Waals surface area contributed by atoms with Crippen molar-refractivity contribution >= 4 is 11.6 Å². The van der Waals surface area contributed by atoms with Crippen molar-refractivity contribution in [2.75, 3.05) is 38.2 Å². The molecule has 0 heterocycles. The molecule has 1 unspecified atom stereocenters. The Bertz CT molecular complexity index is 567. The lowest BCUT2D eigenvalue weighted by atomic mass is 9.98. The second-order valence-corrected chi connectivity index (χ2v) is 7.44. The highest BCUT2D eigenvalue weighted by atomic mass is 16.5. The highest BCUT2D eigenvalue weighted by molar-refractivity contribution is 5.97. The van der Waals surface area contributed by atoms with Crippen molar-refractivity contribution in [3.63, 3.8) is 0 Å². The fourth-order valence-electron chi connectivity index (χ4n) is 3.22. The molecule has 1 N–H and O–H groups in total. The van der Waals surface area contributed by atoms with Crippen molar-refractivity contribution in [2.45, 2.75) is 59.0 Å². The Morgan fingerprint density at radius 3 is 2.37 bits per heavy atom. The van der Waals surface area contributed by atoms with Crippen LogP contribution in [-0.4, -0.2) is 49.3 Å². The Morgan fingerprint density at radius 1 is 1.15 bits per heavy atom. The van der Waals surface area contributed by atoms with Gasteiger partial charge in [0.2, 0.25) is 0 Å². The van der Waals surface area contributed by atoms with Gasteiger partial charge in [0.25, 0.3) is 5.91 Å². The molecule has 5 heteroatoms. The number of hydrogen-bond acceptors (Lipinski definition) is 4. The number of carbonyl (C=O) groups is 1. The molecule has 5 nitrogen and oxygen atoms in total. The topological polar surface area (TPSA) is 50.8 Å². The van der Waals surface area contributed by atoms with E-state index in [4.69, 9.17) is 9.47 Å². The van der Waals surface area contributed by atoms with E-state index in [1.807, 2.05) is 31.2 Å². The molecule has 27 heavy (non-hydrogen) atoms. The molecule has 0 aliphatic heterocycles. The molecule has 1 saturated carbocycles. The minimum Gasteiger partial charge on any atom is -0.494 e. The molecule has 152 valence electrons.